The second-order valence-corrected chi connectivity index (χ2v) is 14.9. The molecule has 0 unspecified atom stereocenters. The van der Waals surface area contributed by atoms with Gasteiger partial charge in [0.05, 0.1) is 38.9 Å². The molecule has 0 aromatic heterocycles. The van der Waals surface area contributed by atoms with Crippen LogP contribution in [0.5, 0.6) is 11.5 Å². The number of unbranched alkanes of at least 4 members (excludes halogenated alkanes) is 13. The Balaban J connectivity index is 0.000000324. The monoisotopic (exact) mass is 646 g/mol. The molecule has 0 spiro atoms. The summed E-state index contributed by atoms with van der Waals surface area (Å²) in [6.45, 7) is 5.01. The highest BCUT2D eigenvalue weighted by atomic mass is 32.2. The first-order valence-electron chi connectivity index (χ1n) is 17.1. The Labute approximate surface area is 273 Å². The molecule has 1 aliphatic heterocycles. The van der Waals surface area contributed by atoms with Crippen LogP contribution in [0.1, 0.15) is 120 Å². The van der Waals surface area contributed by atoms with Gasteiger partial charge in [-0.25, -0.2) is 18.4 Å². The van der Waals surface area contributed by atoms with Gasteiger partial charge in [-0.15, -0.1) is 0 Å². The topological polar surface area (TPSA) is 110 Å². The second kappa shape index (κ2) is 20.5. The lowest BCUT2D eigenvalue weighted by Gasteiger charge is -2.23. The standard InChI is InChI=1S/C19H42N.C17H18N2O5S/c1-5-6-7-8-9-10-11-12-13-14-15-16-17-18-19-20(2,3)4;18-25(22,23)15-11-12(17(20)21)10-14(19-8-4-5-9-19)16(15)24-13-6-2-1-3-7-13/h5-19H2,1-4H3;1-3,6-7,10-11H,4-5,8-9H2,(H,20,21)(H2,18,22,23)/q+1;. The number of carbonyl (C=O) groups is 1. The Kier molecular flexibility index (Phi) is 17.6. The van der Waals surface area contributed by atoms with E-state index in [2.05, 4.69) is 28.1 Å². The minimum Gasteiger partial charge on any atom is -0.478 e. The van der Waals surface area contributed by atoms with E-state index in [1.54, 1.807) is 24.3 Å². The molecule has 254 valence electrons. The number of ether oxygens (including phenoxy) is 1. The summed E-state index contributed by atoms with van der Waals surface area (Å²) >= 11 is 0. The minimum absolute atomic E-state index is 0.0561. The lowest BCUT2D eigenvalue weighted by atomic mass is 10.0. The molecule has 45 heavy (non-hydrogen) atoms. The summed E-state index contributed by atoms with van der Waals surface area (Å²) in [4.78, 5) is 13.0. The summed E-state index contributed by atoms with van der Waals surface area (Å²) in [6, 6.07) is 11.2. The van der Waals surface area contributed by atoms with Crippen molar-refractivity contribution < 1.29 is 27.5 Å². The number of carboxylic acids is 1. The highest BCUT2D eigenvalue weighted by Gasteiger charge is 2.27. The van der Waals surface area contributed by atoms with Gasteiger partial charge in [-0.1, -0.05) is 102 Å². The maximum Gasteiger partial charge on any atom is 0.335 e. The molecule has 1 fully saturated rings. The van der Waals surface area contributed by atoms with E-state index in [1.165, 1.54) is 103 Å². The number of quaternary nitrogens is 1. The van der Waals surface area contributed by atoms with Gasteiger partial charge in [-0.3, -0.25) is 0 Å². The van der Waals surface area contributed by atoms with E-state index in [0.29, 0.717) is 24.5 Å². The van der Waals surface area contributed by atoms with E-state index in [4.69, 9.17) is 9.88 Å². The van der Waals surface area contributed by atoms with Gasteiger partial charge >= 0.3 is 5.97 Å². The molecule has 0 amide bonds. The highest BCUT2D eigenvalue weighted by Crippen LogP contribution is 2.40. The van der Waals surface area contributed by atoms with E-state index in [-0.39, 0.29) is 16.2 Å². The number of para-hydroxylation sites is 1. The van der Waals surface area contributed by atoms with Crippen LogP contribution >= 0.6 is 0 Å². The van der Waals surface area contributed by atoms with Crippen LogP contribution in [0.2, 0.25) is 0 Å². The molecule has 1 saturated heterocycles. The quantitative estimate of drug-likeness (QED) is 0.110. The van der Waals surface area contributed by atoms with Crippen LogP contribution in [0.4, 0.5) is 5.69 Å². The fraction of sp³-hybridized carbons (Fsp3) is 0.639. The molecular formula is C36H60N3O5S+. The molecule has 3 rings (SSSR count). The molecule has 2 aromatic rings. The smallest absolute Gasteiger partial charge is 0.335 e. The van der Waals surface area contributed by atoms with Crippen molar-refractivity contribution in [3.8, 4) is 11.5 Å². The Morgan fingerprint density at radius 1 is 0.822 bits per heavy atom. The van der Waals surface area contributed by atoms with Crippen molar-refractivity contribution in [2.45, 2.75) is 115 Å². The highest BCUT2D eigenvalue weighted by molar-refractivity contribution is 7.89. The molecule has 0 aliphatic carbocycles. The molecule has 2 aromatic carbocycles. The largest absolute Gasteiger partial charge is 0.478 e. The van der Waals surface area contributed by atoms with Crippen molar-refractivity contribution >= 4 is 21.7 Å². The SMILES string of the molecule is CCCCCCCCCCCCCCCC[N+](C)(C)C.NS(=O)(=O)c1cc(C(=O)O)cc(N2CCCC2)c1Oc1ccccc1. The number of carboxylic acid groups (broad SMARTS) is 1. The molecule has 0 saturated carbocycles. The zero-order chi connectivity index (χ0) is 33.1. The number of primary sulfonamides is 1. The van der Waals surface area contributed by atoms with Crippen LogP contribution in [-0.4, -0.2) is 64.8 Å². The Hall–Kier alpha value is -2.62. The summed E-state index contributed by atoms with van der Waals surface area (Å²) in [5.41, 5.74) is 0.275. The zero-order valence-electron chi connectivity index (χ0n) is 28.4. The van der Waals surface area contributed by atoms with Gasteiger partial charge in [0, 0.05) is 13.1 Å². The third-order valence-electron chi connectivity index (χ3n) is 8.18. The predicted octanol–water partition coefficient (Wildman–Crippen LogP) is 8.60. The van der Waals surface area contributed by atoms with Gasteiger partial charge < -0.3 is 19.2 Å². The maximum absolute atomic E-state index is 12.1. The summed E-state index contributed by atoms with van der Waals surface area (Å²) in [6.07, 6.45) is 22.2. The first kappa shape index (κ1) is 38.6. The first-order chi connectivity index (χ1) is 21.4. The van der Waals surface area contributed by atoms with Gasteiger partial charge in [0.15, 0.2) is 5.75 Å². The Bertz CT molecular complexity index is 1220. The molecule has 3 N–H and O–H groups in total. The van der Waals surface area contributed by atoms with Gasteiger partial charge in [-0.05, 0) is 49.9 Å². The number of hydrogen-bond donors (Lipinski definition) is 2. The number of rotatable bonds is 20. The molecule has 9 heteroatoms. The van der Waals surface area contributed by atoms with Crippen LogP contribution < -0.4 is 14.8 Å². The minimum atomic E-state index is -4.18. The van der Waals surface area contributed by atoms with Gasteiger partial charge in [-0.2, -0.15) is 0 Å². The van der Waals surface area contributed by atoms with Crippen molar-refractivity contribution in [1.82, 2.24) is 0 Å². The fourth-order valence-corrected chi connectivity index (χ4v) is 6.30. The van der Waals surface area contributed by atoms with Crippen molar-refractivity contribution in [2.75, 3.05) is 45.7 Å². The summed E-state index contributed by atoms with van der Waals surface area (Å²) in [5, 5.41) is 14.7. The normalized spacial score (nSPS) is 13.4. The van der Waals surface area contributed by atoms with E-state index < -0.39 is 16.0 Å². The predicted molar refractivity (Wildman–Crippen MR) is 186 cm³/mol. The van der Waals surface area contributed by atoms with E-state index in [9.17, 15) is 18.3 Å². The lowest BCUT2D eigenvalue weighted by molar-refractivity contribution is -0.870. The third kappa shape index (κ3) is 16.0. The Morgan fingerprint density at radius 2 is 1.31 bits per heavy atom. The van der Waals surface area contributed by atoms with Crippen molar-refractivity contribution in [3.05, 3.63) is 48.0 Å². The number of anilines is 1. The summed E-state index contributed by atoms with van der Waals surface area (Å²) in [5.74, 6) is -0.729. The van der Waals surface area contributed by atoms with E-state index in [1.807, 2.05) is 11.0 Å². The van der Waals surface area contributed by atoms with Crippen molar-refractivity contribution in [3.63, 3.8) is 0 Å². The Morgan fingerprint density at radius 3 is 1.76 bits per heavy atom. The van der Waals surface area contributed by atoms with Gasteiger partial charge in [0.1, 0.15) is 10.6 Å². The molecule has 0 atom stereocenters. The molecule has 1 heterocycles. The average Bonchev–Trinajstić information content (AvgIpc) is 3.52. The molecule has 0 bridgehead atoms. The van der Waals surface area contributed by atoms with Crippen molar-refractivity contribution in [2.24, 2.45) is 5.14 Å². The maximum atomic E-state index is 12.1. The molecule has 1 aliphatic rings. The van der Waals surface area contributed by atoms with Crippen LogP contribution in [0, 0.1) is 0 Å². The number of nitrogens with zero attached hydrogens (tertiary/aromatic N) is 2. The van der Waals surface area contributed by atoms with Crippen LogP contribution in [0.15, 0.2) is 47.4 Å². The molecule has 8 nitrogen and oxygen atoms in total. The number of benzene rings is 2. The van der Waals surface area contributed by atoms with Crippen LogP contribution in [0.3, 0.4) is 0 Å². The zero-order valence-corrected chi connectivity index (χ0v) is 29.3. The average molecular weight is 647 g/mol. The van der Waals surface area contributed by atoms with Gasteiger partial charge in [0.25, 0.3) is 0 Å². The van der Waals surface area contributed by atoms with Gasteiger partial charge in [0.2, 0.25) is 10.0 Å². The first-order valence-corrected chi connectivity index (χ1v) is 18.7. The number of sulfonamides is 1. The third-order valence-corrected chi connectivity index (χ3v) is 9.10. The molecule has 0 radical (unpaired) electrons. The van der Waals surface area contributed by atoms with Crippen LogP contribution in [-0.2, 0) is 10.0 Å². The van der Waals surface area contributed by atoms with Crippen molar-refractivity contribution in [1.29, 1.82) is 0 Å². The molecular weight excluding hydrogens is 586 g/mol. The van der Waals surface area contributed by atoms with E-state index in [0.717, 1.165) is 23.4 Å². The number of nitrogens with two attached hydrogens (primary N) is 1. The number of hydrogen-bond acceptors (Lipinski definition) is 5. The van der Waals surface area contributed by atoms with E-state index >= 15 is 0 Å². The number of aromatic carboxylic acids is 1. The summed E-state index contributed by atoms with van der Waals surface area (Å²) < 4.78 is 31.1. The summed E-state index contributed by atoms with van der Waals surface area (Å²) in [7, 11) is 2.71. The lowest BCUT2D eigenvalue weighted by Crippen LogP contribution is -2.35. The second-order valence-electron chi connectivity index (χ2n) is 13.4. The fourth-order valence-electron chi connectivity index (χ4n) is 5.60. The van der Waals surface area contributed by atoms with Crippen LogP contribution in [0.25, 0.3) is 0 Å².